The predicted octanol–water partition coefficient (Wildman–Crippen LogP) is 3.14. The first-order valence-electron chi connectivity index (χ1n) is 7.91. The zero-order chi connectivity index (χ0) is 19.3. The molecule has 0 unspecified atom stereocenters. The fourth-order valence-corrected chi connectivity index (χ4v) is 3.19. The van der Waals surface area contributed by atoms with Crippen LogP contribution in [0.4, 0.5) is 5.69 Å². The standard InChI is InChI=1S/C18H21ClN2O4S/c1-12-4-7-17(13(2)10-12)25-9-8-20-18(22)14-5-6-16(15(19)11-14)21-26(3,23)24/h4-7,10-11,21H,8-9H2,1-3H3,(H,20,22). The van der Waals surface area contributed by atoms with E-state index in [9.17, 15) is 13.2 Å². The normalized spacial score (nSPS) is 11.1. The molecule has 26 heavy (non-hydrogen) atoms. The summed E-state index contributed by atoms with van der Waals surface area (Å²) in [6, 6.07) is 10.3. The SMILES string of the molecule is Cc1ccc(OCCNC(=O)c2ccc(NS(C)(=O)=O)c(Cl)c2)c(C)c1. The van der Waals surface area contributed by atoms with Gasteiger partial charge in [0.25, 0.3) is 5.91 Å². The van der Waals surface area contributed by atoms with E-state index in [-0.39, 0.29) is 16.6 Å². The van der Waals surface area contributed by atoms with Gasteiger partial charge in [-0.2, -0.15) is 0 Å². The second-order valence-electron chi connectivity index (χ2n) is 5.94. The average Bonchev–Trinajstić information content (AvgIpc) is 2.53. The van der Waals surface area contributed by atoms with Crippen LogP contribution in [-0.2, 0) is 10.0 Å². The maximum absolute atomic E-state index is 12.2. The molecule has 0 aromatic heterocycles. The number of halogens is 1. The van der Waals surface area contributed by atoms with Crippen LogP contribution in [0.2, 0.25) is 5.02 Å². The van der Waals surface area contributed by atoms with Crippen molar-refractivity contribution in [2.24, 2.45) is 0 Å². The van der Waals surface area contributed by atoms with Crippen LogP contribution in [-0.4, -0.2) is 33.7 Å². The van der Waals surface area contributed by atoms with E-state index in [2.05, 4.69) is 10.0 Å². The van der Waals surface area contributed by atoms with E-state index in [4.69, 9.17) is 16.3 Å². The third-order valence-electron chi connectivity index (χ3n) is 3.50. The van der Waals surface area contributed by atoms with Gasteiger partial charge in [-0.05, 0) is 43.7 Å². The van der Waals surface area contributed by atoms with E-state index in [1.54, 1.807) is 0 Å². The monoisotopic (exact) mass is 396 g/mol. The van der Waals surface area contributed by atoms with Crippen LogP contribution in [0.1, 0.15) is 21.5 Å². The second kappa shape index (κ2) is 8.42. The Morgan fingerprint density at radius 3 is 2.50 bits per heavy atom. The molecule has 6 nitrogen and oxygen atoms in total. The first-order valence-corrected chi connectivity index (χ1v) is 10.2. The Kier molecular flexibility index (Phi) is 6.50. The lowest BCUT2D eigenvalue weighted by Crippen LogP contribution is -2.28. The van der Waals surface area contributed by atoms with Gasteiger partial charge in [-0.3, -0.25) is 9.52 Å². The van der Waals surface area contributed by atoms with Crippen molar-refractivity contribution in [1.29, 1.82) is 0 Å². The zero-order valence-corrected chi connectivity index (χ0v) is 16.4. The van der Waals surface area contributed by atoms with Crippen molar-refractivity contribution in [3.8, 4) is 5.75 Å². The largest absolute Gasteiger partial charge is 0.491 e. The molecule has 0 aliphatic heterocycles. The Bertz CT molecular complexity index is 913. The van der Waals surface area contributed by atoms with E-state index in [1.807, 2.05) is 32.0 Å². The van der Waals surface area contributed by atoms with Gasteiger partial charge in [-0.1, -0.05) is 29.3 Å². The fraction of sp³-hybridized carbons (Fsp3) is 0.278. The van der Waals surface area contributed by atoms with Crippen LogP contribution in [0.3, 0.4) is 0 Å². The number of sulfonamides is 1. The van der Waals surface area contributed by atoms with Crippen molar-refractivity contribution in [2.75, 3.05) is 24.1 Å². The maximum atomic E-state index is 12.2. The number of carbonyl (C=O) groups excluding carboxylic acids is 1. The Morgan fingerprint density at radius 2 is 1.88 bits per heavy atom. The zero-order valence-electron chi connectivity index (χ0n) is 14.8. The topological polar surface area (TPSA) is 84.5 Å². The summed E-state index contributed by atoms with van der Waals surface area (Å²) in [7, 11) is -3.43. The first kappa shape index (κ1) is 20.1. The van der Waals surface area contributed by atoms with Gasteiger partial charge in [0.1, 0.15) is 12.4 Å². The molecular formula is C18H21ClN2O4S. The molecule has 2 aromatic rings. The Morgan fingerprint density at radius 1 is 1.15 bits per heavy atom. The van der Waals surface area contributed by atoms with Crippen molar-refractivity contribution in [3.63, 3.8) is 0 Å². The van der Waals surface area contributed by atoms with Gasteiger partial charge in [-0.25, -0.2) is 8.42 Å². The number of nitrogens with one attached hydrogen (secondary N) is 2. The van der Waals surface area contributed by atoms with Crippen molar-refractivity contribution >= 4 is 33.2 Å². The summed E-state index contributed by atoms with van der Waals surface area (Å²) in [6.07, 6.45) is 1.03. The van der Waals surface area contributed by atoms with Crippen molar-refractivity contribution in [1.82, 2.24) is 5.32 Å². The van der Waals surface area contributed by atoms with Crippen LogP contribution in [0, 0.1) is 13.8 Å². The summed E-state index contributed by atoms with van der Waals surface area (Å²) >= 11 is 6.02. The van der Waals surface area contributed by atoms with Crippen LogP contribution in [0.15, 0.2) is 36.4 Å². The van der Waals surface area contributed by atoms with E-state index in [1.165, 1.54) is 18.2 Å². The van der Waals surface area contributed by atoms with Gasteiger partial charge in [0.2, 0.25) is 10.0 Å². The molecule has 0 heterocycles. The van der Waals surface area contributed by atoms with Gasteiger partial charge < -0.3 is 10.1 Å². The highest BCUT2D eigenvalue weighted by atomic mass is 35.5. The van der Waals surface area contributed by atoms with Crippen LogP contribution >= 0.6 is 11.6 Å². The minimum Gasteiger partial charge on any atom is -0.491 e. The number of hydrogen-bond acceptors (Lipinski definition) is 4. The van der Waals surface area contributed by atoms with Gasteiger partial charge in [0.05, 0.1) is 23.5 Å². The summed E-state index contributed by atoms with van der Waals surface area (Å²) < 4.78 is 30.4. The summed E-state index contributed by atoms with van der Waals surface area (Å²) in [5.41, 5.74) is 2.76. The number of aryl methyl sites for hydroxylation is 2. The molecule has 2 N–H and O–H groups in total. The molecule has 0 saturated heterocycles. The highest BCUT2D eigenvalue weighted by molar-refractivity contribution is 7.92. The third-order valence-corrected chi connectivity index (χ3v) is 4.41. The van der Waals surface area contributed by atoms with E-state index in [0.717, 1.165) is 23.1 Å². The lowest BCUT2D eigenvalue weighted by atomic mass is 10.1. The molecule has 0 atom stereocenters. The molecule has 0 aliphatic carbocycles. The highest BCUT2D eigenvalue weighted by Crippen LogP contribution is 2.24. The molecular weight excluding hydrogens is 376 g/mol. The molecule has 0 bridgehead atoms. The minimum atomic E-state index is -3.43. The van der Waals surface area contributed by atoms with E-state index in [0.29, 0.717) is 18.7 Å². The Balaban J connectivity index is 1.88. The molecule has 140 valence electrons. The Hall–Kier alpha value is -2.25. The number of hydrogen-bond donors (Lipinski definition) is 2. The average molecular weight is 397 g/mol. The molecule has 2 aromatic carbocycles. The number of benzene rings is 2. The number of anilines is 1. The number of amides is 1. The van der Waals surface area contributed by atoms with E-state index < -0.39 is 10.0 Å². The molecule has 1 amide bonds. The number of ether oxygens (including phenoxy) is 1. The fourth-order valence-electron chi connectivity index (χ4n) is 2.33. The molecule has 2 rings (SSSR count). The van der Waals surface area contributed by atoms with Crippen LogP contribution in [0.5, 0.6) is 5.75 Å². The van der Waals surface area contributed by atoms with Crippen molar-refractivity contribution in [3.05, 3.63) is 58.1 Å². The molecule has 8 heteroatoms. The summed E-state index contributed by atoms with van der Waals surface area (Å²) in [5.74, 6) is 0.464. The quantitative estimate of drug-likeness (QED) is 0.704. The summed E-state index contributed by atoms with van der Waals surface area (Å²) in [5, 5.41) is 2.88. The molecule has 0 saturated carbocycles. The second-order valence-corrected chi connectivity index (χ2v) is 8.10. The lowest BCUT2D eigenvalue weighted by Gasteiger charge is -2.11. The lowest BCUT2D eigenvalue weighted by molar-refractivity contribution is 0.0947. The minimum absolute atomic E-state index is 0.148. The van der Waals surface area contributed by atoms with Gasteiger partial charge >= 0.3 is 0 Å². The van der Waals surface area contributed by atoms with E-state index >= 15 is 0 Å². The van der Waals surface area contributed by atoms with Gasteiger partial charge in [0.15, 0.2) is 0 Å². The van der Waals surface area contributed by atoms with Crippen LogP contribution in [0.25, 0.3) is 0 Å². The molecule has 0 fully saturated rings. The van der Waals surface area contributed by atoms with Crippen LogP contribution < -0.4 is 14.8 Å². The molecule has 0 aliphatic rings. The smallest absolute Gasteiger partial charge is 0.251 e. The first-order chi connectivity index (χ1) is 12.2. The van der Waals surface area contributed by atoms with Gasteiger partial charge in [0, 0.05) is 5.56 Å². The van der Waals surface area contributed by atoms with Crippen molar-refractivity contribution < 1.29 is 17.9 Å². The Labute approximate surface area is 158 Å². The third kappa shape index (κ3) is 5.93. The predicted molar refractivity (Wildman–Crippen MR) is 104 cm³/mol. The van der Waals surface area contributed by atoms with Gasteiger partial charge in [-0.15, -0.1) is 0 Å². The summed E-state index contributed by atoms with van der Waals surface area (Å²) in [6.45, 7) is 4.64. The molecule has 0 spiro atoms. The van der Waals surface area contributed by atoms with Crippen molar-refractivity contribution in [2.45, 2.75) is 13.8 Å². The summed E-state index contributed by atoms with van der Waals surface area (Å²) in [4.78, 5) is 12.2. The number of carbonyl (C=O) groups is 1. The molecule has 0 radical (unpaired) electrons. The number of rotatable bonds is 7. The maximum Gasteiger partial charge on any atom is 0.251 e. The highest BCUT2D eigenvalue weighted by Gasteiger charge is 2.11.